The van der Waals surface area contributed by atoms with Gasteiger partial charge in [0, 0.05) is 31.4 Å². The van der Waals surface area contributed by atoms with Gasteiger partial charge in [-0.3, -0.25) is 9.69 Å². The lowest BCUT2D eigenvalue weighted by Crippen LogP contribution is -2.45. The Balaban J connectivity index is 1.67. The van der Waals surface area contributed by atoms with Crippen LogP contribution in [0.3, 0.4) is 0 Å². The standard InChI is InChI=1S/C16H22N2O4/c19-15-14(16(20)21)2-1-7-18(15)13-5-3-12(4-6-13)17-8-10-22-11-9-17/h1-2,7,12-13H,3-6,8-11H2,(H,20,21)/t12-,13+. The number of nitrogens with zero attached hydrogens (tertiary/aromatic N) is 2. The third kappa shape index (κ3) is 3.08. The Kier molecular flexibility index (Phi) is 4.59. The van der Waals surface area contributed by atoms with Gasteiger partial charge in [0.25, 0.3) is 5.56 Å². The number of hydrogen-bond donors (Lipinski definition) is 1. The van der Waals surface area contributed by atoms with Crippen LogP contribution in [0.1, 0.15) is 42.1 Å². The normalized spacial score (nSPS) is 26.7. The number of ether oxygens (including phenoxy) is 1. The van der Waals surface area contributed by atoms with Gasteiger partial charge in [0.2, 0.25) is 0 Å². The van der Waals surface area contributed by atoms with E-state index >= 15 is 0 Å². The fraction of sp³-hybridized carbons (Fsp3) is 0.625. The van der Waals surface area contributed by atoms with Crippen molar-refractivity contribution in [2.24, 2.45) is 0 Å². The predicted molar refractivity (Wildman–Crippen MR) is 81.3 cm³/mol. The monoisotopic (exact) mass is 306 g/mol. The van der Waals surface area contributed by atoms with E-state index in [2.05, 4.69) is 4.90 Å². The molecule has 0 spiro atoms. The molecule has 0 atom stereocenters. The maximum atomic E-state index is 12.2. The van der Waals surface area contributed by atoms with Crippen molar-refractivity contribution in [3.8, 4) is 0 Å². The summed E-state index contributed by atoms with van der Waals surface area (Å²) in [5, 5.41) is 9.07. The van der Waals surface area contributed by atoms with E-state index < -0.39 is 5.97 Å². The molecule has 1 N–H and O–H groups in total. The molecule has 6 heteroatoms. The fourth-order valence-corrected chi connectivity index (χ4v) is 3.60. The lowest BCUT2D eigenvalue weighted by atomic mass is 9.89. The average molecular weight is 306 g/mol. The Morgan fingerprint density at radius 1 is 1.14 bits per heavy atom. The van der Waals surface area contributed by atoms with Gasteiger partial charge in [-0.25, -0.2) is 4.79 Å². The van der Waals surface area contributed by atoms with Crippen molar-refractivity contribution in [3.05, 3.63) is 34.2 Å². The van der Waals surface area contributed by atoms with Gasteiger partial charge in [0.1, 0.15) is 5.56 Å². The van der Waals surface area contributed by atoms with Gasteiger partial charge in [-0.05, 0) is 37.8 Å². The van der Waals surface area contributed by atoms with Crippen molar-refractivity contribution in [2.75, 3.05) is 26.3 Å². The number of carboxylic acids is 1. The molecule has 3 rings (SSSR count). The van der Waals surface area contributed by atoms with Crippen LogP contribution in [-0.2, 0) is 4.74 Å². The molecule has 0 bridgehead atoms. The highest BCUT2D eigenvalue weighted by molar-refractivity contribution is 5.86. The quantitative estimate of drug-likeness (QED) is 0.913. The minimum absolute atomic E-state index is 0.115. The minimum atomic E-state index is -1.15. The summed E-state index contributed by atoms with van der Waals surface area (Å²) < 4.78 is 7.00. The molecule has 1 aromatic heterocycles. The predicted octanol–water partition coefficient (Wildman–Crippen LogP) is 1.36. The van der Waals surface area contributed by atoms with Crippen LogP contribution >= 0.6 is 0 Å². The molecule has 1 saturated heterocycles. The molecule has 2 fully saturated rings. The summed E-state index contributed by atoms with van der Waals surface area (Å²) in [7, 11) is 0. The summed E-state index contributed by atoms with van der Waals surface area (Å²) in [5.41, 5.74) is -0.525. The topological polar surface area (TPSA) is 71.8 Å². The Labute approximate surface area is 129 Å². The van der Waals surface area contributed by atoms with Gasteiger partial charge >= 0.3 is 5.97 Å². The fourth-order valence-electron chi connectivity index (χ4n) is 3.60. The molecule has 1 aliphatic carbocycles. The summed E-state index contributed by atoms with van der Waals surface area (Å²) >= 11 is 0. The van der Waals surface area contributed by atoms with Crippen LogP contribution < -0.4 is 5.56 Å². The van der Waals surface area contributed by atoms with Crippen molar-refractivity contribution in [2.45, 2.75) is 37.8 Å². The summed E-state index contributed by atoms with van der Waals surface area (Å²) in [4.78, 5) is 25.8. The van der Waals surface area contributed by atoms with Crippen LogP contribution in [0.15, 0.2) is 23.1 Å². The van der Waals surface area contributed by atoms with E-state index in [1.807, 2.05) is 0 Å². The van der Waals surface area contributed by atoms with E-state index in [1.165, 1.54) is 6.07 Å². The van der Waals surface area contributed by atoms with Crippen molar-refractivity contribution in [1.82, 2.24) is 9.47 Å². The Morgan fingerprint density at radius 2 is 1.77 bits per heavy atom. The molecule has 22 heavy (non-hydrogen) atoms. The molecular formula is C16H22N2O4. The zero-order chi connectivity index (χ0) is 15.5. The first kappa shape index (κ1) is 15.2. The number of pyridine rings is 1. The maximum Gasteiger partial charge on any atom is 0.341 e. The number of rotatable bonds is 3. The van der Waals surface area contributed by atoms with Crippen LogP contribution in [0.2, 0.25) is 0 Å². The third-order valence-electron chi connectivity index (χ3n) is 4.83. The van der Waals surface area contributed by atoms with Crippen LogP contribution in [0.4, 0.5) is 0 Å². The van der Waals surface area contributed by atoms with E-state index in [0.29, 0.717) is 6.04 Å². The molecule has 1 saturated carbocycles. The van der Waals surface area contributed by atoms with Crippen molar-refractivity contribution in [1.29, 1.82) is 0 Å². The second-order valence-corrected chi connectivity index (χ2v) is 6.05. The first-order valence-corrected chi connectivity index (χ1v) is 7.93. The zero-order valence-electron chi connectivity index (χ0n) is 12.6. The summed E-state index contributed by atoms with van der Waals surface area (Å²) in [6.07, 6.45) is 5.66. The molecule has 0 aromatic carbocycles. The van der Waals surface area contributed by atoms with E-state index in [4.69, 9.17) is 9.84 Å². The first-order chi connectivity index (χ1) is 10.7. The molecule has 1 aromatic rings. The summed E-state index contributed by atoms with van der Waals surface area (Å²) in [6.45, 7) is 3.59. The van der Waals surface area contributed by atoms with Crippen LogP contribution in [-0.4, -0.2) is 52.9 Å². The lowest BCUT2D eigenvalue weighted by molar-refractivity contribution is 0.00534. The lowest BCUT2D eigenvalue weighted by Gasteiger charge is -2.39. The molecule has 6 nitrogen and oxygen atoms in total. The second-order valence-electron chi connectivity index (χ2n) is 6.05. The zero-order valence-corrected chi connectivity index (χ0v) is 12.6. The molecule has 2 aliphatic rings. The second kappa shape index (κ2) is 6.62. The third-order valence-corrected chi connectivity index (χ3v) is 4.83. The number of hydrogen-bond acceptors (Lipinski definition) is 4. The highest BCUT2D eigenvalue weighted by Crippen LogP contribution is 2.30. The summed E-state index contributed by atoms with van der Waals surface area (Å²) in [5.74, 6) is -1.15. The largest absolute Gasteiger partial charge is 0.477 e. The van der Waals surface area contributed by atoms with Crippen LogP contribution in [0, 0.1) is 0 Å². The maximum absolute atomic E-state index is 12.2. The first-order valence-electron chi connectivity index (χ1n) is 7.93. The van der Waals surface area contributed by atoms with Crippen molar-refractivity contribution in [3.63, 3.8) is 0 Å². The molecule has 0 amide bonds. The Hall–Kier alpha value is -1.66. The molecule has 1 aliphatic heterocycles. The van der Waals surface area contributed by atoms with Gasteiger partial charge in [-0.2, -0.15) is 0 Å². The van der Waals surface area contributed by atoms with Crippen molar-refractivity contribution < 1.29 is 14.6 Å². The number of morpholine rings is 1. The highest BCUT2D eigenvalue weighted by Gasteiger charge is 2.28. The summed E-state index contributed by atoms with van der Waals surface area (Å²) in [6, 6.07) is 3.71. The number of aromatic carboxylic acids is 1. The number of carboxylic acid groups (broad SMARTS) is 1. The Morgan fingerprint density at radius 3 is 2.41 bits per heavy atom. The number of carbonyl (C=O) groups is 1. The van der Waals surface area contributed by atoms with E-state index in [-0.39, 0.29) is 17.2 Å². The smallest absolute Gasteiger partial charge is 0.341 e. The minimum Gasteiger partial charge on any atom is -0.477 e. The highest BCUT2D eigenvalue weighted by atomic mass is 16.5. The van der Waals surface area contributed by atoms with Crippen LogP contribution in [0.25, 0.3) is 0 Å². The molecule has 2 heterocycles. The van der Waals surface area contributed by atoms with E-state index in [1.54, 1.807) is 16.8 Å². The van der Waals surface area contributed by atoms with Gasteiger partial charge in [-0.1, -0.05) is 0 Å². The SMILES string of the molecule is O=C(O)c1cccn([C@H]2CC[C@@H](N3CCOCC3)CC2)c1=O. The van der Waals surface area contributed by atoms with Crippen LogP contribution in [0.5, 0.6) is 0 Å². The Bertz CT molecular complexity index is 584. The van der Waals surface area contributed by atoms with Gasteiger partial charge < -0.3 is 14.4 Å². The average Bonchev–Trinajstić information content (AvgIpc) is 2.56. The van der Waals surface area contributed by atoms with Gasteiger partial charge in [0.15, 0.2) is 0 Å². The van der Waals surface area contributed by atoms with Gasteiger partial charge in [-0.15, -0.1) is 0 Å². The van der Waals surface area contributed by atoms with Crippen molar-refractivity contribution >= 4 is 5.97 Å². The number of aromatic nitrogens is 1. The molecular weight excluding hydrogens is 284 g/mol. The van der Waals surface area contributed by atoms with E-state index in [9.17, 15) is 9.59 Å². The van der Waals surface area contributed by atoms with Gasteiger partial charge in [0.05, 0.1) is 13.2 Å². The molecule has 0 radical (unpaired) electrons. The van der Waals surface area contributed by atoms with E-state index in [0.717, 1.165) is 52.0 Å². The molecule has 120 valence electrons. The molecule has 0 unspecified atom stereocenters.